The Morgan fingerprint density at radius 1 is 1.20 bits per heavy atom. The average Bonchev–Trinajstić information content (AvgIpc) is 2.47. The predicted octanol–water partition coefficient (Wildman–Crippen LogP) is 1.01. The molecular weight excluding hydrogens is 276 g/mol. The Bertz CT molecular complexity index is 438. The van der Waals surface area contributed by atoms with Crippen molar-refractivity contribution in [1.82, 2.24) is 15.0 Å². The number of aliphatic hydroxyl groups is 1. The molecule has 0 bridgehead atoms. The summed E-state index contributed by atoms with van der Waals surface area (Å²) in [4.78, 5) is 15.2. The van der Waals surface area contributed by atoms with Crippen LogP contribution in [0, 0.1) is 0 Å². The highest BCUT2D eigenvalue weighted by Gasteiger charge is 2.18. The molecule has 112 valence electrons. The van der Waals surface area contributed by atoms with Gasteiger partial charge < -0.3 is 10.0 Å². The molecule has 0 spiro atoms. The highest BCUT2D eigenvalue weighted by atomic mass is 32.2. The molecular formula is C12H22N6OS. The van der Waals surface area contributed by atoms with E-state index in [9.17, 15) is 5.11 Å². The van der Waals surface area contributed by atoms with Gasteiger partial charge in [0.05, 0.1) is 6.10 Å². The van der Waals surface area contributed by atoms with Crippen molar-refractivity contribution in [3.8, 4) is 0 Å². The van der Waals surface area contributed by atoms with E-state index >= 15 is 0 Å². The topological polar surface area (TPSA) is 100 Å². The van der Waals surface area contributed by atoms with E-state index in [1.807, 2.05) is 6.92 Å². The van der Waals surface area contributed by atoms with Crippen molar-refractivity contribution in [1.29, 1.82) is 0 Å². The maximum absolute atomic E-state index is 9.58. The third kappa shape index (κ3) is 3.94. The lowest BCUT2D eigenvalue weighted by molar-refractivity contribution is 0.196. The molecule has 1 fully saturated rings. The number of anilines is 2. The number of aliphatic hydroxyl groups excluding tert-OH is 1. The van der Waals surface area contributed by atoms with Crippen LogP contribution in [0.2, 0.25) is 0 Å². The number of hydrogen-bond acceptors (Lipinski definition) is 8. The van der Waals surface area contributed by atoms with Gasteiger partial charge in [-0.2, -0.15) is 15.0 Å². The summed E-state index contributed by atoms with van der Waals surface area (Å²) in [5, 5.41) is 10.2. The van der Waals surface area contributed by atoms with E-state index in [-0.39, 0.29) is 5.25 Å². The molecule has 2 atom stereocenters. The van der Waals surface area contributed by atoms with Crippen LogP contribution in [-0.2, 0) is 0 Å². The Labute approximate surface area is 123 Å². The molecule has 1 aromatic heterocycles. The van der Waals surface area contributed by atoms with Crippen LogP contribution >= 0.6 is 11.8 Å². The van der Waals surface area contributed by atoms with E-state index in [0.29, 0.717) is 17.1 Å². The molecule has 0 amide bonds. The summed E-state index contributed by atoms with van der Waals surface area (Å²) in [7, 11) is 0. The molecule has 1 aliphatic heterocycles. The lowest BCUT2D eigenvalue weighted by Gasteiger charge is -2.27. The number of nitrogens with zero attached hydrogens (tertiary/aromatic N) is 4. The molecule has 0 aromatic carbocycles. The Balaban J connectivity index is 2.19. The van der Waals surface area contributed by atoms with E-state index in [2.05, 4.69) is 25.3 Å². The van der Waals surface area contributed by atoms with Gasteiger partial charge in [0.2, 0.25) is 11.9 Å². The van der Waals surface area contributed by atoms with Crippen LogP contribution < -0.4 is 16.2 Å². The van der Waals surface area contributed by atoms with Gasteiger partial charge in [0, 0.05) is 18.3 Å². The fourth-order valence-electron chi connectivity index (χ4n) is 1.96. The van der Waals surface area contributed by atoms with Crippen molar-refractivity contribution >= 4 is 23.7 Å². The zero-order valence-electron chi connectivity index (χ0n) is 11.9. The Kier molecular flexibility index (Phi) is 5.38. The van der Waals surface area contributed by atoms with E-state index < -0.39 is 6.10 Å². The van der Waals surface area contributed by atoms with Gasteiger partial charge >= 0.3 is 0 Å². The lowest BCUT2D eigenvalue weighted by atomic mass is 10.1. The van der Waals surface area contributed by atoms with E-state index in [4.69, 9.17) is 5.84 Å². The summed E-state index contributed by atoms with van der Waals surface area (Å²) in [5.74, 6) is 6.45. The molecule has 0 saturated carbocycles. The molecule has 2 heterocycles. The number of rotatable bonds is 5. The summed E-state index contributed by atoms with van der Waals surface area (Å²) in [6, 6.07) is 0. The van der Waals surface area contributed by atoms with Crippen molar-refractivity contribution in [2.45, 2.75) is 49.6 Å². The number of aromatic nitrogens is 3. The molecule has 1 aliphatic rings. The maximum atomic E-state index is 9.58. The van der Waals surface area contributed by atoms with Crippen molar-refractivity contribution in [2.75, 3.05) is 23.4 Å². The minimum atomic E-state index is -0.426. The van der Waals surface area contributed by atoms with Crippen molar-refractivity contribution < 1.29 is 5.11 Å². The molecule has 20 heavy (non-hydrogen) atoms. The summed E-state index contributed by atoms with van der Waals surface area (Å²) in [6.07, 6.45) is 3.14. The number of hydrogen-bond donors (Lipinski definition) is 3. The quantitative estimate of drug-likeness (QED) is 0.421. The zero-order chi connectivity index (χ0) is 14.5. The standard InChI is InChI=1S/C12H22N6OS/c1-8(19)9(2)20-12-15-10(17-13)14-11(16-12)18-6-4-3-5-7-18/h8-9,19H,3-7,13H2,1-2H3,(H,14,15,16,17). The van der Waals surface area contributed by atoms with Gasteiger partial charge in [-0.25, -0.2) is 5.84 Å². The second-order valence-electron chi connectivity index (χ2n) is 5.00. The predicted molar refractivity (Wildman–Crippen MR) is 80.7 cm³/mol. The molecule has 0 aliphatic carbocycles. The zero-order valence-corrected chi connectivity index (χ0v) is 12.7. The van der Waals surface area contributed by atoms with Crippen LogP contribution in [0.4, 0.5) is 11.9 Å². The van der Waals surface area contributed by atoms with Crippen molar-refractivity contribution in [3.63, 3.8) is 0 Å². The molecule has 1 aromatic rings. The number of piperidine rings is 1. The molecule has 7 nitrogen and oxygen atoms in total. The minimum absolute atomic E-state index is 0.0113. The Morgan fingerprint density at radius 3 is 2.50 bits per heavy atom. The molecule has 1 saturated heterocycles. The van der Waals surface area contributed by atoms with Gasteiger partial charge in [0.25, 0.3) is 0 Å². The summed E-state index contributed by atoms with van der Waals surface area (Å²) < 4.78 is 0. The first-order chi connectivity index (χ1) is 9.60. The van der Waals surface area contributed by atoms with Gasteiger partial charge in [-0.3, -0.25) is 5.43 Å². The number of nitrogens with two attached hydrogens (primary N) is 1. The van der Waals surface area contributed by atoms with Gasteiger partial charge in [0.1, 0.15) is 0 Å². The van der Waals surface area contributed by atoms with E-state index in [0.717, 1.165) is 25.9 Å². The maximum Gasteiger partial charge on any atom is 0.242 e. The molecule has 8 heteroatoms. The molecule has 4 N–H and O–H groups in total. The third-order valence-corrected chi connectivity index (χ3v) is 4.50. The first kappa shape index (κ1) is 15.3. The number of hydrazine groups is 1. The van der Waals surface area contributed by atoms with E-state index in [1.54, 1.807) is 6.92 Å². The lowest BCUT2D eigenvalue weighted by Crippen LogP contribution is -2.31. The van der Waals surface area contributed by atoms with Crippen LogP contribution in [0.5, 0.6) is 0 Å². The summed E-state index contributed by atoms with van der Waals surface area (Å²) in [5.41, 5.74) is 2.48. The monoisotopic (exact) mass is 298 g/mol. The Morgan fingerprint density at radius 2 is 1.90 bits per heavy atom. The van der Waals surface area contributed by atoms with Gasteiger partial charge in [-0.05, 0) is 26.2 Å². The van der Waals surface area contributed by atoms with Crippen molar-refractivity contribution in [3.05, 3.63) is 0 Å². The fraction of sp³-hybridized carbons (Fsp3) is 0.750. The Hall–Kier alpha value is -1.12. The summed E-state index contributed by atoms with van der Waals surface area (Å²) in [6.45, 7) is 5.62. The third-order valence-electron chi connectivity index (χ3n) is 3.34. The second-order valence-corrected chi connectivity index (χ2v) is 6.34. The largest absolute Gasteiger partial charge is 0.392 e. The minimum Gasteiger partial charge on any atom is -0.392 e. The number of nitrogens with one attached hydrogen (secondary N) is 1. The summed E-state index contributed by atoms with van der Waals surface area (Å²) >= 11 is 1.42. The smallest absolute Gasteiger partial charge is 0.242 e. The van der Waals surface area contributed by atoms with Crippen LogP contribution in [0.3, 0.4) is 0 Å². The van der Waals surface area contributed by atoms with Crippen LogP contribution in [0.25, 0.3) is 0 Å². The number of nitrogen functional groups attached to an aromatic ring is 1. The van der Waals surface area contributed by atoms with Gasteiger partial charge in [-0.1, -0.05) is 18.7 Å². The van der Waals surface area contributed by atoms with Crippen LogP contribution in [-0.4, -0.2) is 44.5 Å². The first-order valence-corrected chi connectivity index (χ1v) is 7.80. The average molecular weight is 298 g/mol. The van der Waals surface area contributed by atoms with E-state index in [1.165, 1.54) is 18.2 Å². The normalized spacial score (nSPS) is 18.7. The second kappa shape index (κ2) is 7.05. The molecule has 0 radical (unpaired) electrons. The van der Waals surface area contributed by atoms with Crippen LogP contribution in [0.15, 0.2) is 5.16 Å². The molecule has 2 rings (SSSR count). The number of thioether (sulfide) groups is 1. The first-order valence-electron chi connectivity index (χ1n) is 6.92. The highest BCUT2D eigenvalue weighted by molar-refractivity contribution is 7.99. The van der Waals surface area contributed by atoms with Gasteiger partial charge in [0.15, 0.2) is 5.16 Å². The van der Waals surface area contributed by atoms with Crippen molar-refractivity contribution in [2.24, 2.45) is 5.84 Å². The van der Waals surface area contributed by atoms with Gasteiger partial charge in [-0.15, -0.1) is 0 Å². The SMILES string of the molecule is CC(O)C(C)Sc1nc(NN)nc(N2CCCCC2)n1. The fourth-order valence-corrected chi connectivity index (χ4v) is 2.77. The van der Waals surface area contributed by atoms with Crippen LogP contribution in [0.1, 0.15) is 33.1 Å². The molecule has 2 unspecified atom stereocenters. The highest BCUT2D eigenvalue weighted by Crippen LogP contribution is 2.25.